The lowest BCUT2D eigenvalue weighted by Crippen LogP contribution is -2.11. The van der Waals surface area contributed by atoms with Gasteiger partial charge in [0.2, 0.25) is 0 Å². The summed E-state index contributed by atoms with van der Waals surface area (Å²) in [7, 11) is 0. The topological polar surface area (TPSA) is 69.0 Å². The smallest absolute Gasteiger partial charge is 0.341 e. The molecule has 3 aromatic heterocycles. The molecule has 168 valence electrons. The van der Waals surface area contributed by atoms with Gasteiger partial charge in [-0.05, 0) is 78.8 Å². The lowest BCUT2D eigenvalue weighted by Gasteiger charge is -2.13. The van der Waals surface area contributed by atoms with Crippen LogP contribution in [0.3, 0.4) is 0 Å². The zero-order valence-corrected chi connectivity index (χ0v) is 18.8. The molecule has 0 aliphatic heterocycles. The highest BCUT2D eigenvalue weighted by Gasteiger charge is 2.26. The van der Waals surface area contributed by atoms with Gasteiger partial charge in [-0.25, -0.2) is 9.78 Å². The van der Waals surface area contributed by atoms with Gasteiger partial charge in [-0.2, -0.15) is 0 Å². The van der Waals surface area contributed by atoms with Gasteiger partial charge in [0, 0.05) is 47.9 Å². The molecule has 0 unspecified atom stereocenters. The number of rotatable bonds is 9. The largest absolute Gasteiger partial charge is 0.462 e. The van der Waals surface area contributed by atoms with Gasteiger partial charge in [-0.1, -0.05) is 13.3 Å². The number of carbonyl (C=O) groups is 1. The Morgan fingerprint density at radius 1 is 1.15 bits per heavy atom. The first-order valence-corrected chi connectivity index (χ1v) is 11.6. The van der Waals surface area contributed by atoms with E-state index in [2.05, 4.69) is 51.2 Å². The lowest BCUT2D eigenvalue weighted by atomic mass is 10.1. The highest BCUT2D eigenvalue weighted by molar-refractivity contribution is 5.96. The molecule has 0 atom stereocenters. The molecular formula is C27H28N4O2. The Bertz CT molecular complexity index is 1260. The van der Waals surface area contributed by atoms with E-state index in [1.807, 2.05) is 42.9 Å². The lowest BCUT2D eigenvalue weighted by molar-refractivity contribution is 0.0500. The quantitative estimate of drug-likeness (QED) is 0.253. The molecule has 33 heavy (non-hydrogen) atoms. The minimum Gasteiger partial charge on any atom is -0.462 e. The Labute approximate surface area is 193 Å². The van der Waals surface area contributed by atoms with Gasteiger partial charge in [0.15, 0.2) is 0 Å². The van der Waals surface area contributed by atoms with Gasteiger partial charge < -0.3 is 14.6 Å². The molecule has 6 nitrogen and oxygen atoms in total. The molecule has 4 aromatic rings. The Balaban J connectivity index is 1.38. The van der Waals surface area contributed by atoms with Crippen LogP contribution in [0, 0.1) is 0 Å². The van der Waals surface area contributed by atoms with Gasteiger partial charge in [-0.15, -0.1) is 0 Å². The minimum atomic E-state index is -0.314. The van der Waals surface area contributed by atoms with E-state index in [0.717, 1.165) is 54.4 Å². The Morgan fingerprint density at radius 2 is 2.00 bits per heavy atom. The van der Waals surface area contributed by atoms with Crippen molar-refractivity contribution in [2.24, 2.45) is 0 Å². The maximum absolute atomic E-state index is 12.8. The van der Waals surface area contributed by atoms with Crippen LogP contribution in [0.1, 0.15) is 60.0 Å². The van der Waals surface area contributed by atoms with Crippen LogP contribution >= 0.6 is 0 Å². The fourth-order valence-corrected chi connectivity index (χ4v) is 4.00. The summed E-state index contributed by atoms with van der Waals surface area (Å²) >= 11 is 0. The number of nitrogens with zero attached hydrogens (tertiary/aromatic N) is 3. The van der Waals surface area contributed by atoms with Crippen molar-refractivity contribution in [2.45, 2.75) is 45.1 Å². The third kappa shape index (κ3) is 4.90. The second-order valence-corrected chi connectivity index (χ2v) is 8.63. The molecule has 0 saturated heterocycles. The summed E-state index contributed by atoms with van der Waals surface area (Å²) in [6.07, 6.45) is 11.8. The van der Waals surface area contributed by atoms with Gasteiger partial charge >= 0.3 is 5.97 Å². The molecule has 0 radical (unpaired) electrons. The summed E-state index contributed by atoms with van der Waals surface area (Å²) in [5.41, 5.74) is 4.86. The molecule has 1 aromatic carbocycles. The standard InChI is InChI=1S/C27H28N4O2/c1-2-3-14-33-27(32)24-16-22(20-4-5-20)17-29-26(24)30-23-6-7-25-21(15-23)10-13-31(25)18-19-8-11-28-12-9-19/h6-13,15-17,20H,2-5,14,18H2,1H3,(H,29,30). The summed E-state index contributed by atoms with van der Waals surface area (Å²) in [4.78, 5) is 21.5. The summed E-state index contributed by atoms with van der Waals surface area (Å²) in [6.45, 7) is 3.30. The van der Waals surface area contributed by atoms with Crippen LogP contribution in [0.5, 0.6) is 0 Å². The summed E-state index contributed by atoms with van der Waals surface area (Å²) in [6, 6.07) is 14.3. The van der Waals surface area contributed by atoms with Crippen molar-refractivity contribution in [3.8, 4) is 0 Å². The first-order valence-electron chi connectivity index (χ1n) is 11.6. The van der Waals surface area contributed by atoms with Crippen LogP contribution in [0.25, 0.3) is 10.9 Å². The molecule has 1 saturated carbocycles. The van der Waals surface area contributed by atoms with Crippen molar-refractivity contribution in [2.75, 3.05) is 11.9 Å². The predicted octanol–water partition coefficient (Wildman–Crippen LogP) is 6.06. The van der Waals surface area contributed by atoms with Crippen molar-refractivity contribution in [3.05, 3.63) is 83.9 Å². The molecule has 5 rings (SSSR count). The van der Waals surface area contributed by atoms with Crippen molar-refractivity contribution in [1.29, 1.82) is 0 Å². The molecular weight excluding hydrogens is 412 g/mol. The molecule has 1 aliphatic carbocycles. The van der Waals surface area contributed by atoms with E-state index >= 15 is 0 Å². The molecule has 1 aliphatic rings. The fourth-order valence-electron chi connectivity index (χ4n) is 4.00. The van der Waals surface area contributed by atoms with E-state index in [4.69, 9.17) is 4.74 Å². The first-order chi connectivity index (χ1) is 16.2. The van der Waals surface area contributed by atoms with Crippen LogP contribution in [0.2, 0.25) is 0 Å². The van der Waals surface area contributed by atoms with Crippen molar-refractivity contribution in [1.82, 2.24) is 14.5 Å². The maximum Gasteiger partial charge on any atom is 0.341 e. The Kier molecular flexibility index (Phi) is 6.07. The average Bonchev–Trinajstić information content (AvgIpc) is 3.62. The molecule has 0 amide bonds. The first kappa shape index (κ1) is 21.2. The van der Waals surface area contributed by atoms with Crippen LogP contribution in [0.15, 0.2) is 67.3 Å². The number of anilines is 2. The number of pyridine rings is 2. The third-order valence-corrected chi connectivity index (χ3v) is 6.04. The van der Waals surface area contributed by atoms with Crippen molar-refractivity contribution < 1.29 is 9.53 Å². The number of carbonyl (C=O) groups excluding carboxylic acids is 1. The summed E-state index contributed by atoms with van der Waals surface area (Å²) in [5, 5.41) is 4.47. The number of fused-ring (bicyclic) bond motifs is 1. The monoisotopic (exact) mass is 440 g/mol. The third-order valence-electron chi connectivity index (χ3n) is 6.04. The number of aromatic nitrogens is 3. The minimum absolute atomic E-state index is 0.314. The second kappa shape index (κ2) is 9.45. The molecule has 6 heteroatoms. The Hall–Kier alpha value is -3.67. The molecule has 1 fully saturated rings. The Morgan fingerprint density at radius 3 is 2.79 bits per heavy atom. The van der Waals surface area contributed by atoms with Crippen LogP contribution in [-0.2, 0) is 11.3 Å². The number of ether oxygens (including phenoxy) is 1. The zero-order valence-electron chi connectivity index (χ0n) is 18.8. The number of unbranched alkanes of at least 4 members (excludes halogenated alkanes) is 1. The molecule has 0 bridgehead atoms. The van der Waals surface area contributed by atoms with Crippen LogP contribution < -0.4 is 5.32 Å². The van der Waals surface area contributed by atoms with Gasteiger partial charge in [-0.3, -0.25) is 4.98 Å². The van der Waals surface area contributed by atoms with Gasteiger partial charge in [0.05, 0.1) is 6.61 Å². The van der Waals surface area contributed by atoms with Crippen LogP contribution in [0.4, 0.5) is 11.5 Å². The van der Waals surface area contributed by atoms with E-state index in [9.17, 15) is 4.79 Å². The number of benzene rings is 1. The van der Waals surface area contributed by atoms with Crippen LogP contribution in [-0.4, -0.2) is 27.1 Å². The normalized spacial score (nSPS) is 13.2. The van der Waals surface area contributed by atoms with E-state index < -0.39 is 0 Å². The predicted molar refractivity (Wildman–Crippen MR) is 130 cm³/mol. The molecule has 0 spiro atoms. The summed E-state index contributed by atoms with van der Waals surface area (Å²) in [5.74, 6) is 0.743. The van der Waals surface area contributed by atoms with E-state index in [0.29, 0.717) is 23.9 Å². The van der Waals surface area contributed by atoms with Gasteiger partial charge in [0.1, 0.15) is 11.4 Å². The number of hydrogen-bond donors (Lipinski definition) is 1. The van der Waals surface area contributed by atoms with Crippen molar-refractivity contribution >= 4 is 28.4 Å². The van der Waals surface area contributed by atoms with E-state index in [1.54, 1.807) is 0 Å². The zero-order chi connectivity index (χ0) is 22.6. The SMILES string of the molecule is CCCCOC(=O)c1cc(C2CC2)cnc1Nc1ccc2c(ccn2Cc2ccncc2)c1. The highest BCUT2D eigenvalue weighted by Crippen LogP contribution is 2.40. The fraction of sp³-hybridized carbons (Fsp3) is 0.296. The number of nitrogens with one attached hydrogen (secondary N) is 1. The van der Waals surface area contributed by atoms with E-state index in [-0.39, 0.29) is 5.97 Å². The molecule has 3 heterocycles. The number of hydrogen-bond acceptors (Lipinski definition) is 5. The number of esters is 1. The average molecular weight is 441 g/mol. The maximum atomic E-state index is 12.8. The second-order valence-electron chi connectivity index (χ2n) is 8.63. The highest BCUT2D eigenvalue weighted by atomic mass is 16.5. The van der Waals surface area contributed by atoms with Gasteiger partial charge in [0.25, 0.3) is 0 Å². The van der Waals surface area contributed by atoms with Crippen molar-refractivity contribution in [3.63, 3.8) is 0 Å². The summed E-state index contributed by atoms with van der Waals surface area (Å²) < 4.78 is 7.72. The van der Waals surface area contributed by atoms with E-state index in [1.165, 1.54) is 5.56 Å². The molecule has 1 N–H and O–H groups in total.